The minimum Gasteiger partial charge on any atom is -0.497 e. The van der Waals surface area contributed by atoms with E-state index in [9.17, 15) is 19.2 Å². The van der Waals surface area contributed by atoms with Crippen molar-refractivity contribution in [1.29, 1.82) is 0 Å². The Bertz CT molecular complexity index is 927. The highest BCUT2D eigenvalue weighted by Gasteiger charge is 2.46. The second-order valence-corrected chi connectivity index (χ2v) is 6.63. The summed E-state index contributed by atoms with van der Waals surface area (Å²) >= 11 is 0. The quantitative estimate of drug-likeness (QED) is 0.571. The zero-order valence-electron chi connectivity index (χ0n) is 16.1. The van der Waals surface area contributed by atoms with Gasteiger partial charge in [-0.05, 0) is 35.7 Å². The van der Waals surface area contributed by atoms with E-state index in [2.05, 4.69) is 5.32 Å². The Labute approximate surface area is 168 Å². The first-order valence-corrected chi connectivity index (χ1v) is 9.08. The molecule has 1 aliphatic rings. The van der Waals surface area contributed by atoms with Crippen molar-refractivity contribution in [1.82, 2.24) is 10.2 Å². The van der Waals surface area contributed by atoms with E-state index < -0.39 is 30.3 Å². The molecule has 8 heteroatoms. The Balaban J connectivity index is 1.63. The normalized spacial score (nSPS) is 14.9. The summed E-state index contributed by atoms with van der Waals surface area (Å²) in [6, 6.07) is 14.9. The number of hydrogen-bond donors (Lipinski definition) is 1. The fraction of sp³-hybridized carbons (Fsp3) is 0.238. The minimum absolute atomic E-state index is 0.0579. The van der Waals surface area contributed by atoms with E-state index in [1.807, 2.05) is 37.3 Å². The van der Waals surface area contributed by atoms with Gasteiger partial charge >= 0.3 is 17.8 Å². The molecular formula is C21H21N3O5. The van der Waals surface area contributed by atoms with Crippen LogP contribution >= 0.6 is 0 Å². The van der Waals surface area contributed by atoms with Gasteiger partial charge in [0.25, 0.3) is 0 Å². The number of imide groups is 2. The van der Waals surface area contributed by atoms with Gasteiger partial charge in [-0.1, -0.05) is 37.3 Å². The van der Waals surface area contributed by atoms with Gasteiger partial charge in [-0.15, -0.1) is 0 Å². The van der Waals surface area contributed by atoms with Crippen LogP contribution in [0.2, 0.25) is 0 Å². The molecule has 1 fully saturated rings. The molecule has 3 rings (SSSR count). The molecule has 0 aliphatic carbocycles. The number of hydrogen-bond acceptors (Lipinski definition) is 5. The molecular weight excluding hydrogens is 374 g/mol. The SMILES string of the molecule is COc1ccc(N2C(=O)C(=O)N(CC(=O)NC[C@H](C)c3ccccc3)C2=O)cc1. The van der Waals surface area contributed by atoms with Gasteiger partial charge in [0.1, 0.15) is 12.3 Å². The van der Waals surface area contributed by atoms with E-state index in [0.717, 1.165) is 10.5 Å². The monoisotopic (exact) mass is 395 g/mol. The van der Waals surface area contributed by atoms with Crippen molar-refractivity contribution in [3.63, 3.8) is 0 Å². The number of carbonyl (C=O) groups is 4. The summed E-state index contributed by atoms with van der Waals surface area (Å²) in [4.78, 5) is 50.7. The number of methoxy groups -OCH3 is 1. The molecule has 1 atom stereocenters. The second-order valence-electron chi connectivity index (χ2n) is 6.63. The molecule has 1 N–H and O–H groups in total. The van der Waals surface area contributed by atoms with Gasteiger partial charge in [0.15, 0.2) is 0 Å². The van der Waals surface area contributed by atoms with Crippen molar-refractivity contribution >= 4 is 29.4 Å². The summed E-state index contributed by atoms with van der Waals surface area (Å²) in [7, 11) is 1.49. The molecule has 0 aromatic heterocycles. The highest BCUT2D eigenvalue weighted by atomic mass is 16.5. The number of urea groups is 1. The topological polar surface area (TPSA) is 96.0 Å². The first-order chi connectivity index (χ1) is 13.9. The average molecular weight is 395 g/mol. The molecule has 150 valence electrons. The number of nitrogens with zero attached hydrogens (tertiary/aromatic N) is 2. The first-order valence-electron chi connectivity index (χ1n) is 9.08. The number of anilines is 1. The highest BCUT2D eigenvalue weighted by molar-refractivity contribution is 6.53. The summed E-state index contributed by atoms with van der Waals surface area (Å²) in [5, 5.41) is 2.70. The van der Waals surface area contributed by atoms with E-state index in [1.54, 1.807) is 12.1 Å². The maximum Gasteiger partial charge on any atom is 0.339 e. The predicted molar refractivity (Wildman–Crippen MR) is 105 cm³/mol. The van der Waals surface area contributed by atoms with Crippen LogP contribution < -0.4 is 15.0 Å². The molecule has 0 saturated carbocycles. The molecule has 2 aromatic carbocycles. The summed E-state index contributed by atoms with van der Waals surface area (Å²) in [6.45, 7) is 1.78. The van der Waals surface area contributed by atoms with Crippen LogP contribution in [0.5, 0.6) is 5.75 Å². The molecule has 0 spiro atoms. The molecule has 8 nitrogen and oxygen atoms in total. The van der Waals surface area contributed by atoms with Crippen molar-refractivity contribution in [3.8, 4) is 5.75 Å². The summed E-state index contributed by atoms with van der Waals surface area (Å²) in [5.74, 6) is -1.94. The van der Waals surface area contributed by atoms with Crippen LogP contribution in [0.15, 0.2) is 54.6 Å². The predicted octanol–water partition coefficient (Wildman–Crippen LogP) is 1.91. The highest BCUT2D eigenvalue weighted by Crippen LogP contribution is 2.24. The lowest BCUT2D eigenvalue weighted by molar-refractivity contribution is -0.140. The summed E-state index contributed by atoms with van der Waals surface area (Å²) < 4.78 is 5.04. The van der Waals surface area contributed by atoms with E-state index in [-0.39, 0.29) is 11.6 Å². The van der Waals surface area contributed by atoms with Gasteiger partial charge in [0, 0.05) is 6.54 Å². The van der Waals surface area contributed by atoms with Gasteiger partial charge in [-0.3, -0.25) is 14.4 Å². The van der Waals surface area contributed by atoms with Crippen LogP contribution in [0.1, 0.15) is 18.4 Å². The number of carbonyl (C=O) groups excluding carboxylic acids is 4. The molecule has 1 heterocycles. The zero-order chi connectivity index (χ0) is 21.0. The lowest BCUT2D eigenvalue weighted by Crippen LogP contribution is -2.42. The Hall–Kier alpha value is -3.68. The number of amides is 5. The van der Waals surface area contributed by atoms with E-state index in [4.69, 9.17) is 4.74 Å². The standard InChI is InChI=1S/C21H21N3O5/c1-14(15-6-4-3-5-7-15)12-22-18(25)13-23-19(26)20(27)24(21(23)28)16-8-10-17(29-2)11-9-16/h3-11,14H,12-13H2,1-2H3,(H,22,25)/t14-/m0/s1. The van der Waals surface area contributed by atoms with Gasteiger partial charge < -0.3 is 10.1 Å². The lowest BCUT2D eigenvalue weighted by Gasteiger charge is -2.17. The largest absolute Gasteiger partial charge is 0.497 e. The molecule has 0 bridgehead atoms. The lowest BCUT2D eigenvalue weighted by atomic mass is 10.0. The fourth-order valence-electron chi connectivity index (χ4n) is 2.97. The van der Waals surface area contributed by atoms with Crippen molar-refractivity contribution < 1.29 is 23.9 Å². The second kappa shape index (κ2) is 8.55. The van der Waals surface area contributed by atoms with Crippen LogP contribution in [0.4, 0.5) is 10.5 Å². The Morgan fingerprint density at radius 2 is 1.66 bits per heavy atom. The van der Waals surface area contributed by atoms with Crippen LogP contribution in [-0.2, 0) is 14.4 Å². The molecule has 0 radical (unpaired) electrons. The van der Waals surface area contributed by atoms with Crippen molar-refractivity contribution in [2.24, 2.45) is 0 Å². The third-order valence-electron chi connectivity index (χ3n) is 4.66. The third kappa shape index (κ3) is 4.26. The Morgan fingerprint density at radius 1 is 1.00 bits per heavy atom. The van der Waals surface area contributed by atoms with Crippen molar-refractivity contribution in [3.05, 3.63) is 60.2 Å². The fourth-order valence-corrected chi connectivity index (χ4v) is 2.97. The van der Waals surface area contributed by atoms with E-state index in [0.29, 0.717) is 17.2 Å². The maximum atomic E-state index is 12.6. The zero-order valence-corrected chi connectivity index (χ0v) is 16.1. The molecule has 29 heavy (non-hydrogen) atoms. The smallest absolute Gasteiger partial charge is 0.339 e. The van der Waals surface area contributed by atoms with E-state index >= 15 is 0 Å². The first kappa shape index (κ1) is 20.1. The molecule has 2 aromatic rings. The van der Waals surface area contributed by atoms with Gasteiger partial charge in [0.2, 0.25) is 5.91 Å². The van der Waals surface area contributed by atoms with Crippen LogP contribution in [0.25, 0.3) is 0 Å². The minimum atomic E-state index is -1.03. The van der Waals surface area contributed by atoms with Crippen LogP contribution in [0, 0.1) is 0 Å². The Kier molecular flexibility index (Phi) is 5.92. The molecule has 1 aliphatic heterocycles. The van der Waals surface area contributed by atoms with E-state index in [1.165, 1.54) is 19.2 Å². The molecule has 1 saturated heterocycles. The van der Waals surface area contributed by atoms with Gasteiger partial charge in [-0.2, -0.15) is 0 Å². The third-order valence-corrected chi connectivity index (χ3v) is 4.66. The Morgan fingerprint density at radius 3 is 2.28 bits per heavy atom. The number of ether oxygens (including phenoxy) is 1. The molecule has 5 amide bonds. The van der Waals surface area contributed by atoms with Crippen molar-refractivity contribution in [2.45, 2.75) is 12.8 Å². The van der Waals surface area contributed by atoms with Gasteiger partial charge in [0.05, 0.1) is 12.8 Å². The number of benzene rings is 2. The summed E-state index contributed by atoms with van der Waals surface area (Å²) in [6.07, 6.45) is 0. The number of nitrogens with one attached hydrogen (secondary N) is 1. The number of rotatable bonds is 7. The molecule has 0 unspecified atom stereocenters. The van der Waals surface area contributed by atoms with Gasteiger partial charge in [-0.25, -0.2) is 14.6 Å². The van der Waals surface area contributed by atoms with Crippen molar-refractivity contribution in [2.75, 3.05) is 25.1 Å². The maximum absolute atomic E-state index is 12.6. The summed E-state index contributed by atoms with van der Waals surface area (Å²) in [5.41, 5.74) is 1.29. The average Bonchev–Trinajstić information content (AvgIpc) is 2.96. The van der Waals surface area contributed by atoms with Crippen LogP contribution in [0.3, 0.4) is 0 Å². The van der Waals surface area contributed by atoms with Crippen LogP contribution in [-0.4, -0.2) is 48.9 Å².